The van der Waals surface area contributed by atoms with Crippen LogP contribution in [-0.2, 0) is 30.0 Å². The maximum Gasteiger partial charge on any atom is 0.696 e. The molecule has 0 N–H and O–H groups in total. The zero-order valence-electron chi connectivity index (χ0n) is 19.8. The SMILES string of the molecule is CCN(C)O[SiH]1O[Si](C)(C)O[Si](ON(CC)CC)(ON(CC)CC)O[Si](C)(C)O1. The van der Waals surface area contributed by atoms with Crippen molar-refractivity contribution in [3.63, 3.8) is 0 Å². The molecule has 0 saturated carbocycles. The van der Waals surface area contributed by atoms with Crippen molar-refractivity contribution in [3.05, 3.63) is 0 Å². The molecule has 1 fully saturated rings. The van der Waals surface area contributed by atoms with Gasteiger partial charge in [-0.1, -0.05) is 34.6 Å². The van der Waals surface area contributed by atoms with E-state index in [0.717, 1.165) is 6.54 Å². The van der Waals surface area contributed by atoms with Crippen LogP contribution in [0.2, 0.25) is 26.2 Å². The highest BCUT2D eigenvalue weighted by Gasteiger charge is 2.61. The van der Waals surface area contributed by atoms with Crippen molar-refractivity contribution in [2.45, 2.75) is 60.8 Å². The molecule has 1 aliphatic heterocycles. The Balaban J connectivity index is 3.26. The van der Waals surface area contributed by atoms with Gasteiger partial charge in [-0.25, -0.2) is 5.06 Å². The van der Waals surface area contributed by atoms with E-state index in [1.807, 2.05) is 67.9 Å². The van der Waals surface area contributed by atoms with Crippen LogP contribution in [0.1, 0.15) is 34.6 Å². The van der Waals surface area contributed by atoms with Crippen molar-refractivity contribution >= 4 is 35.7 Å². The number of rotatable bonds is 11. The quantitative estimate of drug-likeness (QED) is 0.319. The van der Waals surface area contributed by atoms with E-state index in [4.69, 9.17) is 30.0 Å². The second-order valence-electron chi connectivity index (χ2n) is 7.49. The van der Waals surface area contributed by atoms with Gasteiger partial charge in [0.1, 0.15) is 0 Å². The minimum absolute atomic E-state index is 0.674. The Bertz CT molecular complexity index is 449. The average Bonchev–Trinajstić information content (AvgIpc) is 2.61. The Hall–Kier alpha value is 0.468. The van der Waals surface area contributed by atoms with E-state index in [2.05, 4.69) is 0 Å². The van der Waals surface area contributed by atoms with Crippen molar-refractivity contribution in [2.75, 3.05) is 39.8 Å². The third kappa shape index (κ3) is 9.24. The van der Waals surface area contributed by atoms with Crippen molar-refractivity contribution < 1.29 is 30.0 Å². The number of nitrogens with zero attached hydrogens (tertiary/aromatic N) is 3. The summed E-state index contributed by atoms with van der Waals surface area (Å²) in [6, 6.07) is 0. The Labute approximate surface area is 181 Å². The first-order valence-corrected chi connectivity index (χ1v) is 19.1. The summed E-state index contributed by atoms with van der Waals surface area (Å²) in [6.07, 6.45) is 0. The molecule has 1 saturated heterocycles. The number of hydrogen-bond acceptors (Lipinski definition) is 10. The predicted octanol–water partition coefficient (Wildman–Crippen LogP) is 2.05. The first-order valence-electron chi connectivity index (χ1n) is 10.5. The first-order chi connectivity index (χ1) is 13.4. The largest absolute Gasteiger partial charge is 0.696 e. The van der Waals surface area contributed by atoms with E-state index in [1.54, 1.807) is 15.2 Å². The lowest BCUT2D eigenvalue weighted by molar-refractivity contribution is -0.200. The van der Waals surface area contributed by atoms with Gasteiger partial charge >= 0.3 is 35.7 Å². The molecule has 0 aromatic rings. The monoisotopic (exact) mass is 487 g/mol. The summed E-state index contributed by atoms with van der Waals surface area (Å²) in [7, 11) is -9.81. The molecule has 0 atom stereocenters. The van der Waals surface area contributed by atoms with E-state index in [1.165, 1.54) is 0 Å². The third-order valence-corrected chi connectivity index (χ3v) is 17.6. The lowest BCUT2D eigenvalue weighted by atomic mass is 10.6. The topological polar surface area (TPSA) is 74.3 Å². The Morgan fingerprint density at radius 1 is 0.690 bits per heavy atom. The van der Waals surface area contributed by atoms with Crippen LogP contribution in [0.25, 0.3) is 0 Å². The van der Waals surface area contributed by atoms with E-state index < -0.39 is 35.7 Å². The number of hydrogen-bond donors (Lipinski definition) is 0. The zero-order valence-corrected chi connectivity index (χ0v) is 24.0. The van der Waals surface area contributed by atoms with Crippen molar-refractivity contribution in [2.24, 2.45) is 0 Å². The molecule has 1 rings (SSSR count). The van der Waals surface area contributed by atoms with Crippen LogP contribution in [0, 0.1) is 0 Å². The Morgan fingerprint density at radius 2 is 1.07 bits per heavy atom. The average molecular weight is 488 g/mol. The fourth-order valence-electron chi connectivity index (χ4n) is 2.54. The molecule has 0 radical (unpaired) electrons. The van der Waals surface area contributed by atoms with E-state index in [9.17, 15) is 0 Å². The molecule has 0 bridgehead atoms. The Morgan fingerprint density at radius 3 is 1.38 bits per heavy atom. The highest BCUT2D eigenvalue weighted by atomic mass is 28.5. The van der Waals surface area contributed by atoms with Crippen LogP contribution >= 0.6 is 0 Å². The summed E-state index contributed by atoms with van der Waals surface area (Å²) in [5.41, 5.74) is 0. The Kier molecular flexibility index (Phi) is 11.3. The molecule has 29 heavy (non-hydrogen) atoms. The van der Waals surface area contributed by atoms with Crippen LogP contribution in [-0.4, -0.2) is 90.7 Å². The van der Waals surface area contributed by atoms with Gasteiger partial charge in [0.05, 0.1) is 0 Å². The van der Waals surface area contributed by atoms with Gasteiger partial charge in [-0.2, -0.15) is 10.1 Å². The lowest BCUT2D eigenvalue weighted by Gasteiger charge is -2.45. The maximum absolute atomic E-state index is 6.51. The molecule has 1 aliphatic rings. The van der Waals surface area contributed by atoms with Crippen molar-refractivity contribution in [1.82, 2.24) is 15.2 Å². The summed E-state index contributed by atoms with van der Waals surface area (Å²) in [5, 5.41) is 5.31. The van der Waals surface area contributed by atoms with Crippen LogP contribution in [0.5, 0.6) is 0 Å². The highest BCUT2D eigenvalue weighted by Crippen LogP contribution is 2.30. The predicted molar refractivity (Wildman–Crippen MR) is 120 cm³/mol. The summed E-state index contributed by atoms with van der Waals surface area (Å²) >= 11 is 0. The summed E-state index contributed by atoms with van der Waals surface area (Å²) in [6.45, 7) is 21.2. The first kappa shape index (κ1) is 27.5. The molecule has 1 heterocycles. The molecule has 0 aromatic carbocycles. The molecule has 10 nitrogen and oxygen atoms in total. The van der Waals surface area contributed by atoms with Crippen LogP contribution in [0.15, 0.2) is 0 Å². The van der Waals surface area contributed by atoms with Gasteiger partial charge in [0.15, 0.2) is 0 Å². The van der Waals surface area contributed by atoms with Gasteiger partial charge in [-0.15, -0.1) is 0 Å². The van der Waals surface area contributed by atoms with E-state index in [0.29, 0.717) is 26.2 Å². The van der Waals surface area contributed by atoms with Gasteiger partial charge < -0.3 is 16.5 Å². The molecule has 174 valence electrons. The summed E-state index contributed by atoms with van der Waals surface area (Å²) in [5.74, 6) is 0. The maximum atomic E-state index is 6.51. The molecular weight excluding hydrogens is 447 g/mol. The molecule has 0 amide bonds. The fraction of sp³-hybridized carbons (Fsp3) is 1.00. The highest BCUT2D eigenvalue weighted by molar-refractivity contribution is 6.85. The smallest absolute Gasteiger partial charge is 0.396 e. The minimum Gasteiger partial charge on any atom is -0.396 e. The molecule has 14 heteroatoms. The van der Waals surface area contributed by atoms with Crippen molar-refractivity contribution in [3.8, 4) is 0 Å². The molecule has 0 spiro atoms. The number of hydroxylamine groups is 6. The summed E-state index contributed by atoms with van der Waals surface area (Å²) in [4.78, 5) is 0. The van der Waals surface area contributed by atoms with Crippen LogP contribution < -0.4 is 0 Å². The second kappa shape index (κ2) is 11.9. The fourth-order valence-corrected chi connectivity index (χ4v) is 16.0. The van der Waals surface area contributed by atoms with E-state index in [-0.39, 0.29) is 0 Å². The van der Waals surface area contributed by atoms with E-state index >= 15 is 0 Å². The molecular formula is C15H41N3O7Si4. The molecule has 0 unspecified atom stereocenters. The van der Waals surface area contributed by atoms with Crippen LogP contribution in [0.3, 0.4) is 0 Å². The van der Waals surface area contributed by atoms with Gasteiger partial charge in [-0.05, 0) is 26.2 Å². The minimum atomic E-state index is -3.65. The zero-order chi connectivity index (χ0) is 22.3. The third-order valence-electron chi connectivity index (χ3n) is 4.11. The van der Waals surface area contributed by atoms with Crippen LogP contribution in [0.4, 0.5) is 0 Å². The summed E-state index contributed by atoms with van der Waals surface area (Å²) < 4.78 is 44.1. The van der Waals surface area contributed by atoms with Gasteiger partial charge in [0.25, 0.3) is 0 Å². The molecule has 0 aromatic heterocycles. The molecule has 0 aliphatic carbocycles. The normalized spacial score (nSPS) is 22.2. The lowest BCUT2D eigenvalue weighted by Crippen LogP contribution is -2.69. The van der Waals surface area contributed by atoms with Gasteiger partial charge in [0, 0.05) is 39.8 Å². The van der Waals surface area contributed by atoms with Gasteiger partial charge in [0.2, 0.25) is 0 Å². The van der Waals surface area contributed by atoms with Crippen molar-refractivity contribution in [1.29, 1.82) is 0 Å². The van der Waals surface area contributed by atoms with Gasteiger partial charge in [-0.3, -0.25) is 13.6 Å². The second-order valence-corrected chi connectivity index (χ2v) is 18.8. The standard InChI is InChI=1S/C15H41N3O7Si4/c1-11-16(6)19-26-22-27(7,8)24-29(20-17(12-2)13-3,21-18(14-4)15-5)25-28(9,10)23-26/h26H,11-15H2,1-10H3.